The summed E-state index contributed by atoms with van der Waals surface area (Å²) >= 11 is 3.42. The number of hydrogen-bond donors (Lipinski definition) is 2. The first kappa shape index (κ1) is 23.3. The highest BCUT2D eigenvalue weighted by molar-refractivity contribution is 9.10. The molecular weight excluding hydrogens is 496 g/mol. The van der Waals surface area contributed by atoms with Gasteiger partial charge in [-0.2, -0.15) is 0 Å². The maximum absolute atomic E-state index is 13.0. The highest BCUT2D eigenvalue weighted by atomic mass is 79.9. The second-order valence-electron chi connectivity index (χ2n) is 7.52. The van der Waals surface area contributed by atoms with Crippen molar-refractivity contribution >= 4 is 33.4 Å². The van der Waals surface area contributed by atoms with E-state index >= 15 is 0 Å². The van der Waals surface area contributed by atoms with Gasteiger partial charge in [0, 0.05) is 22.1 Å². The fraction of sp³-hybridized carbons (Fsp3) is 0.111. The topological polar surface area (TPSA) is 80.6 Å². The smallest absolute Gasteiger partial charge is 0.259 e. The third-order valence-corrected chi connectivity index (χ3v) is 5.58. The number of ether oxygens (including phenoxy) is 1. The van der Waals surface area contributed by atoms with Gasteiger partial charge in [-0.3, -0.25) is 9.59 Å². The Morgan fingerprint density at radius 2 is 1.68 bits per heavy atom. The van der Waals surface area contributed by atoms with E-state index in [1.807, 2.05) is 36.4 Å². The number of furan rings is 1. The summed E-state index contributed by atoms with van der Waals surface area (Å²) in [4.78, 5) is 25.3. The molecule has 6 nitrogen and oxygen atoms in total. The molecule has 4 rings (SSSR count). The van der Waals surface area contributed by atoms with Crippen LogP contribution in [0.1, 0.15) is 32.0 Å². The Bertz CT molecular complexity index is 1240. The lowest BCUT2D eigenvalue weighted by atomic mass is 10.1. The second-order valence-corrected chi connectivity index (χ2v) is 8.43. The zero-order valence-electron chi connectivity index (χ0n) is 18.3. The van der Waals surface area contributed by atoms with Crippen molar-refractivity contribution in [3.63, 3.8) is 0 Å². The summed E-state index contributed by atoms with van der Waals surface area (Å²) in [6, 6.07) is 25.6. The van der Waals surface area contributed by atoms with Crippen molar-refractivity contribution in [3.05, 3.63) is 118 Å². The molecule has 0 radical (unpaired) electrons. The minimum atomic E-state index is -0.300. The number of hydrogen-bond acceptors (Lipinski definition) is 4. The summed E-state index contributed by atoms with van der Waals surface area (Å²) in [7, 11) is 0. The van der Waals surface area contributed by atoms with Crippen molar-refractivity contribution in [2.24, 2.45) is 0 Å². The Hall–Kier alpha value is -3.84. The molecule has 1 aromatic heterocycles. The van der Waals surface area contributed by atoms with E-state index in [4.69, 9.17) is 9.15 Å². The van der Waals surface area contributed by atoms with E-state index in [-0.39, 0.29) is 11.8 Å². The second kappa shape index (κ2) is 11.3. The molecule has 2 N–H and O–H groups in total. The van der Waals surface area contributed by atoms with Gasteiger partial charge in [-0.05, 0) is 60.2 Å². The van der Waals surface area contributed by atoms with Crippen LogP contribution in [0.25, 0.3) is 0 Å². The SMILES string of the molecule is O=C(NCc1ccco1)c1ccc(NC(=O)c2cc(Br)ccc2OCCc2ccccc2)cc1. The third kappa shape index (κ3) is 6.36. The molecule has 0 unspecified atom stereocenters. The number of amides is 2. The van der Waals surface area contributed by atoms with Gasteiger partial charge in [0.25, 0.3) is 11.8 Å². The molecule has 1 heterocycles. The molecule has 0 fully saturated rings. The first-order valence-corrected chi connectivity index (χ1v) is 11.6. The van der Waals surface area contributed by atoms with Gasteiger partial charge in [-0.1, -0.05) is 46.3 Å². The summed E-state index contributed by atoms with van der Waals surface area (Å²) in [5.41, 5.74) is 2.64. The molecule has 4 aromatic rings. The van der Waals surface area contributed by atoms with Gasteiger partial charge >= 0.3 is 0 Å². The van der Waals surface area contributed by atoms with Crippen LogP contribution in [0.3, 0.4) is 0 Å². The van der Waals surface area contributed by atoms with Crippen LogP contribution in [-0.2, 0) is 13.0 Å². The van der Waals surface area contributed by atoms with Crippen molar-refractivity contribution in [1.82, 2.24) is 5.32 Å². The third-order valence-electron chi connectivity index (χ3n) is 5.09. The molecule has 172 valence electrons. The molecule has 2 amide bonds. The Morgan fingerprint density at radius 1 is 0.882 bits per heavy atom. The van der Waals surface area contributed by atoms with E-state index in [9.17, 15) is 9.59 Å². The minimum Gasteiger partial charge on any atom is -0.492 e. The number of benzene rings is 3. The molecule has 0 aliphatic heterocycles. The summed E-state index contributed by atoms with van der Waals surface area (Å²) in [6.45, 7) is 0.758. The monoisotopic (exact) mass is 518 g/mol. The number of nitrogens with one attached hydrogen (secondary N) is 2. The van der Waals surface area contributed by atoms with Crippen molar-refractivity contribution in [2.45, 2.75) is 13.0 Å². The van der Waals surface area contributed by atoms with Gasteiger partial charge in [0.15, 0.2) is 0 Å². The standard InChI is InChI=1S/C27H23BrN2O4/c28-21-10-13-25(34-16-14-19-5-2-1-3-6-19)24(17-21)27(32)30-22-11-8-20(9-12-22)26(31)29-18-23-7-4-15-33-23/h1-13,15,17H,14,16,18H2,(H,29,31)(H,30,32). The highest BCUT2D eigenvalue weighted by Crippen LogP contribution is 2.25. The highest BCUT2D eigenvalue weighted by Gasteiger charge is 2.15. The normalized spacial score (nSPS) is 10.5. The zero-order chi connectivity index (χ0) is 23.8. The van der Waals surface area contributed by atoms with E-state index < -0.39 is 0 Å². The van der Waals surface area contributed by atoms with Crippen LogP contribution >= 0.6 is 15.9 Å². The van der Waals surface area contributed by atoms with Gasteiger partial charge in [-0.25, -0.2) is 0 Å². The predicted octanol–water partition coefficient (Wildman–Crippen LogP) is 5.85. The molecular formula is C27H23BrN2O4. The van der Waals surface area contributed by atoms with Crippen molar-refractivity contribution in [1.29, 1.82) is 0 Å². The van der Waals surface area contributed by atoms with E-state index in [1.165, 1.54) is 5.56 Å². The van der Waals surface area contributed by atoms with Gasteiger partial charge in [-0.15, -0.1) is 0 Å². The van der Waals surface area contributed by atoms with E-state index in [0.717, 1.165) is 10.9 Å². The fourth-order valence-corrected chi connectivity index (χ4v) is 3.68. The van der Waals surface area contributed by atoms with Crippen molar-refractivity contribution < 1.29 is 18.7 Å². The van der Waals surface area contributed by atoms with Crippen LogP contribution in [0.2, 0.25) is 0 Å². The van der Waals surface area contributed by atoms with Crippen LogP contribution in [0.5, 0.6) is 5.75 Å². The van der Waals surface area contributed by atoms with Gasteiger partial charge in [0.1, 0.15) is 11.5 Å². The van der Waals surface area contributed by atoms with E-state index in [1.54, 1.807) is 54.8 Å². The summed E-state index contributed by atoms with van der Waals surface area (Å²) < 4.78 is 11.9. The Balaban J connectivity index is 1.37. The largest absolute Gasteiger partial charge is 0.492 e. The quantitative estimate of drug-likeness (QED) is 0.291. The first-order chi connectivity index (χ1) is 16.6. The lowest BCUT2D eigenvalue weighted by Gasteiger charge is -2.13. The maximum Gasteiger partial charge on any atom is 0.259 e. The number of carbonyl (C=O) groups excluding carboxylic acids is 2. The fourth-order valence-electron chi connectivity index (χ4n) is 3.32. The Labute approximate surface area is 206 Å². The Morgan fingerprint density at radius 3 is 2.41 bits per heavy atom. The van der Waals surface area contributed by atoms with E-state index in [0.29, 0.717) is 41.5 Å². The average molecular weight is 519 g/mol. The minimum absolute atomic E-state index is 0.227. The Kier molecular flexibility index (Phi) is 7.78. The van der Waals surface area contributed by atoms with Gasteiger partial charge < -0.3 is 19.8 Å². The predicted molar refractivity (Wildman–Crippen MR) is 134 cm³/mol. The molecule has 0 saturated carbocycles. The van der Waals surface area contributed by atoms with Crippen LogP contribution < -0.4 is 15.4 Å². The van der Waals surface area contributed by atoms with Crippen LogP contribution in [0.4, 0.5) is 5.69 Å². The molecule has 7 heteroatoms. The number of carbonyl (C=O) groups is 2. The molecule has 3 aromatic carbocycles. The maximum atomic E-state index is 13.0. The summed E-state index contributed by atoms with van der Waals surface area (Å²) in [6.07, 6.45) is 2.30. The summed E-state index contributed by atoms with van der Waals surface area (Å²) in [5, 5.41) is 5.66. The molecule has 0 saturated heterocycles. The first-order valence-electron chi connectivity index (χ1n) is 10.8. The number of anilines is 1. The van der Waals surface area contributed by atoms with Crippen molar-refractivity contribution in [3.8, 4) is 5.75 Å². The molecule has 0 atom stereocenters. The average Bonchev–Trinajstić information content (AvgIpc) is 3.38. The van der Waals surface area contributed by atoms with Crippen LogP contribution in [0, 0.1) is 0 Å². The molecule has 0 aliphatic carbocycles. The van der Waals surface area contributed by atoms with Gasteiger partial charge in [0.05, 0.1) is 25.0 Å². The summed E-state index contributed by atoms with van der Waals surface area (Å²) in [5.74, 6) is 0.653. The number of rotatable bonds is 9. The lowest BCUT2D eigenvalue weighted by Crippen LogP contribution is -2.22. The van der Waals surface area contributed by atoms with E-state index in [2.05, 4.69) is 26.6 Å². The van der Waals surface area contributed by atoms with Crippen LogP contribution in [0.15, 0.2) is 100 Å². The molecule has 0 spiro atoms. The lowest BCUT2D eigenvalue weighted by molar-refractivity contribution is 0.0947. The van der Waals surface area contributed by atoms with Crippen molar-refractivity contribution in [2.75, 3.05) is 11.9 Å². The van der Waals surface area contributed by atoms with Gasteiger partial charge in [0.2, 0.25) is 0 Å². The number of halogens is 1. The molecule has 0 aliphatic rings. The molecule has 0 bridgehead atoms. The van der Waals surface area contributed by atoms with Crippen LogP contribution in [-0.4, -0.2) is 18.4 Å². The zero-order valence-corrected chi connectivity index (χ0v) is 19.9. The molecule has 34 heavy (non-hydrogen) atoms.